The summed E-state index contributed by atoms with van der Waals surface area (Å²) < 4.78 is 16.8. The van der Waals surface area contributed by atoms with E-state index < -0.39 is 6.10 Å². The molecule has 0 aromatic heterocycles. The number of hydrogen-bond donors (Lipinski definition) is 0. The van der Waals surface area contributed by atoms with Gasteiger partial charge in [0.1, 0.15) is 13.2 Å². The number of allylic oxidation sites excluding steroid dienone is 10. The fourth-order valence-corrected chi connectivity index (χ4v) is 8.90. The number of unbranched alkanes of at least 4 members (excludes halogenated alkanes) is 35. The molecule has 1 unspecified atom stereocenters. The van der Waals surface area contributed by atoms with Gasteiger partial charge in [0, 0.05) is 19.3 Å². The molecule has 412 valence electrons. The lowest BCUT2D eigenvalue weighted by Gasteiger charge is -2.18. The summed E-state index contributed by atoms with van der Waals surface area (Å²) in [6.45, 7) is 6.47. The maximum absolute atomic E-state index is 12.8. The lowest BCUT2D eigenvalue weighted by molar-refractivity contribution is -0.167. The second-order valence-electron chi connectivity index (χ2n) is 20.6. The van der Waals surface area contributed by atoms with Crippen molar-refractivity contribution in [3.8, 4) is 0 Å². The van der Waals surface area contributed by atoms with Crippen molar-refractivity contribution in [2.75, 3.05) is 13.2 Å². The number of hydrogen-bond acceptors (Lipinski definition) is 6. The molecular weight excluding hydrogens is 877 g/mol. The Morgan fingerprint density at radius 2 is 0.549 bits per heavy atom. The van der Waals surface area contributed by atoms with Gasteiger partial charge in [0.2, 0.25) is 0 Å². The Labute approximate surface area is 440 Å². The average Bonchev–Trinajstić information content (AvgIpc) is 3.37. The minimum absolute atomic E-state index is 0.0718. The Hall–Kier alpha value is -2.89. The molecule has 71 heavy (non-hydrogen) atoms. The lowest BCUT2D eigenvalue weighted by Crippen LogP contribution is -2.30. The lowest BCUT2D eigenvalue weighted by atomic mass is 10.0. The zero-order valence-corrected chi connectivity index (χ0v) is 47.2. The summed E-state index contributed by atoms with van der Waals surface area (Å²) in [5.74, 6) is -0.874. The maximum atomic E-state index is 12.8. The molecule has 0 heterocycles. The fourth-order valence-electron chi connectivity index (χ4n) is 8.90. The molecule has 0 aliphatic rings. The molecule has 0 saturated heterocycles. The molecule has 0 saturated carbocycles. The molecule has 0 N–H and O–H groups in total. The predicted molar refractivity (Wildman–Crippen MR) is 307 cm³/mol. The third kappa shape index (κ3) is 57.9. The van der Waals surface area contributed by atoms with Crippen LogP contribution in [-0.2, 0) is 28.6 Å². The second-order valence-corrected chi connectivity index (χ2v) is 20.6. The van der Waals surface area contributed by atoms with Gasteiger partial charge in [-0.1, -0.05) is 274 Å². The largest absolute Gasteiger partial charge is 0.462 e. The molecular formula is C65H116O6. The average molecular weight is 994 g/mol. The fraction of sp³-hybridized carbons (Fsp3) is 0.800. The summed E-state index contributed by atoms with van der Waals surface area (Å²) in [6, 6.07) is 0. The number of ether oxygens (including phenoxy) is 3. The Kier molecular flexibility index (Phi) is 57.2. The van der Waals surface area contributed by atoms with Gasteiger partial charge in [-0.2, -0.15) is 0 Å². The number of rotatable bonds is 56. The quantitative estimate of drug-likeness (QED) is 0.0261. The van der Waals surface area contributed by atoms with Gasteiger partial charge < -0.3 is 14.2 Å². The van der Waals surface area contributed by atoms with Crippen LogP contribution in [0.2, 0.25) is 0 Å². The van der Waals surface area contributed by atoms with E-state index in [-0.39, 0.29) is 31.1 Å². The minimum Gasteiger partial charge on any atom is -0.462 e. The van der Waals surface area contributed by atoms with Crippen molar-refractivity contribution in [1.82, 2.24) is 0 Å². The van der Waals surface area contributed by atoms with Crippen molar-refractivity contribution in [2.24, 2.45) is 0 Å². The summed E-state index contributed by atoms with van der Waals surface area (Å²) in [5, 5.41) is 0. The summed E-state index contributed by atoms with van der Waals surface area (Å²) >= 11 is 0. The normalized spacial score (nSPS) is 12.4. The highest BCUT2D eigenvalue weighted by atomic mass is 16.6. The molecule has 0 aromatic carbocycles. The molecule has 0 aromatic rings. The van der Waals surface area contributed by atoms with Crippen molar-refractivity contribution in [3.05, 3.63) is 60.8 Å². The van der Waals surface area contributed by atoms with Gasteiger partial charge >= 0.3 is 17.9 Å². The third-order valence-electron chi connectivity index (χ3n) is 13.5. The van der Waals surface area contributed by atoms with E-state index >= 15 is 0 Å². The van der Waals surface area contributed by atoms with E-state index in [2.05, 4.69) is 81.5 Å². The third-order valence-corrected chi connectivity index (χ3v) is 13.5. The molecule has 0 fully saturated rings. The highest BCUT2D eigenvalue weighted by Gasteiger charge is 2.19. The predicted octanol–water partition coefficient (Wildman–Crippen LogP) is 20.8. The van der Waals surface area contributed by atoms with Crippen molar-refractivity contribution in [1.29, 1.82) is 0 Å². The van der Waals surface area contributed by atoms with Crippen LogP contribution in [0.1, 0.15) is 316 Å². The van der Waals surface area contributed by atoms with E-state index in [9.17, 15) is 14.4 Å². The zero-order chi connectivity index (χ0) is 51.4. The van der Waals surface area contributed by atoms with Crippen molar-refractivity contribution >= 4 is 17.9 Å². The summed E-state index contributed by atoms with van der Waals surface area (Å²) in [6.07, 6.45) is 75.6. The van der Waals surface area contributed by atoms with E-state index in [0.717, 1.165) is 89.9 Å². The van der Waals surface area contributed by atoms with E-state index in [1.54, 1.807) is 0 Å². The van der Waals surface area contributed by atoms with E-state index in [1.807, 2.05) is 0 Å². The highest BCUT2D eigenvalue weighted by molar-refractivity contribution is 5.71. The highest BCUT2D eigenvalue weighted by Crippen LogP contribution is 2.17. The van der Waals surface area contributed by atoms with Crippen LogP contribution in [0.15, 0.2) is 60.8 Å². The van der Waals surface area contributed by atoms with Gasteiger partial charge in [0.15, 0.2) is 6.10 Å². The van der Waals surface area contributed by atoms with Crippen molar-refractivity contribution < 1.29 is 28.6 Å². The Balaban J connectivity index is 3.99. The molecule has 0 radical (unpaired) electrons. The first kappa shape index (κ1) is 68.1. The van der Waals surface area contributed by atoms with Crippen LogP contribution in [-0.4, -0.2) is 37.2 Å². The van der Waals surface area contributed by atoms with Gasteiger partial charge in [0.05, 0.1) is 0 Å². The van der Waals surface area contributed by atoms with Crippen LogP contribution in [0.4, 0.5) is 0 Å². The first-order valence-corrected chi connectivity index (χ1v) is 30.8. The van der Waals surface area contributed by atoms with Crippen molar-refractivity contribution in [2.45, 2.75) is 322 Å². The van der Waals surface area contributed by atoms with Crippen LogP contribution < -0.4 is 0 Å². The second kappa shape index (κ2) is 59.7. The zero-order valence-electron chi connectivity index (χ0n) is 47.2. The van der Waals surface area contributed by atoms with Crippen molar-refractivity contribution in [3.63, 3.8) is 0 Å². The molecule has 0 aliphatic heterocycles. The first-order valence-electron chi connectivity index (χ1n) is 30.8. The Morgan fingerprint density at radius 3 is 0.873 bits per heavy atom. The maximum Gasteiger partial charge on any atom is 0.306 e. The molecule has 0 spiro atoms. The smallest absolute Gasteiger partial charge is 0.306 e. The standard InChI is InChI=1S/C65H116O6/c1-4-7-10-13-15-17-19-21-23-25-27-28-29-30-31-32-33-34-35-36-38-39-41-43-45-47-49-52-55-58-64(67)70-61-62(60-69-63(66)57-54-51-12-9-6-3)71-65(68)59-56-53-50-48-46-44-42-40-37-26-24-22-20-18-16-14-11-8-5-2/h7,10,15,17,21-24,27-28,62H,4-6,8-9,11-14,16,18-20,25-26,29-61H2,1-3H3/b10-7-,17-15-,23-21-,24-22-,28-27-. The first-order chi connectivity index (χ1) is 35.0. The summed E-state index contributed by atoms with van der Waals surface area (Å²) in [5.41, 5.74) is 0. The Bertz CT molecular complexity index is 1280. The van der Waals surface area contributed by atoms with Crippen LogP contribution in [0.3, 0.4) is 0 Å². The molecule has 0 aliphatic carbocycles. The van der Waals surface area contributed by atoms with E-state index in [1.165, 1.54) is 186 Å². The van der Waals surface area contributed by atoms with Crippen LogP contribution in [0.5, 0.6) is 0 Å². The van der Waals surface area contributed by atoms with Gasteiger partial charge in [0.25, 0.3) is 0 Å². The molecule has 0 amide bonds. The molecule has 0 bridgehead atoms. The van der Waals surface area contributed by atoms with Gasteiger partial charge in [-0.3, -0.25) is 14.4 Å². The van der Waals surface area contributed by atoms with Crippen LogP contribution in [0.25, 0.3) is 0 Å². The van der Waals surface area contributed by atoms with Gasteiger partial charge in [-0.15, -0.1) is 0 Å². The van der Waals surface area contributed by atoms with Gasteiger partial charge in [-0.25, -0.2) is 0 Å². The Morgan fingerprint density at radius 1 is 0.296 bits per heavy atom. The summed E-state index contributed by atoms with van der Waals surface area (Å²) in [4.78, 5) is 37.9. The summed E-state index contributed by atoms with van der Waals surface area (Å²) in [7, 11) is 0. The monoisotopic (exact) mass is 993 g/mol. The van der Waals surface area contributed by atoms with E-state index in [4.69, 9.17) is 14.2 Å². The molecule has 6 heteroatoms. The van der Waals surface area contributed by atoms with E-state index in [0.29, 0.717) is 19.3 Å². The number of esters is 3. The SMILES string of the molecule is CC/C=C\C/C=C\C/C=C\C/C=C\CCCCCCCCCCCCCCCCCCC(=O)OCC(COC(=O)CCCCCCC)OC(=O)CCCCCCCCCCC/C=C\CCCCCCCC. The number of carbonyl (C=O) groups is 3. The van der Waals surface area contributed by atoms with Crippen LogP contribution >= 0.6 is 0 Å². The molecule has 6 nitrogen and oxygen atoms in total. The van der Waals surface area contributed by atoms with Gasteiger partial charge in [-0.05, 0) is 83.5 Å². The van der Waals surface area contributed by atoms with Crippen LogP contribution in [0, 0.1) is 0 Å². The molecule has 1 atom stereocenters. The molecule has 0 rings (SSSR count). The minimum atomic E-state index is -0.769. The number of carbonyl (C=O) groups excluding carboxylic acids is 3. The topological polar surface area (TPSA) is 78.9 Å².